The van der Waals surface area contributed by atoms with Crippen molar-refractivity contribution in [3.8, 4) is 5.75 Å². The SMILES string of the molecule is COc1ccc2[nH]c(=O)c(CCCN(C)C)cc2c1. The quantitative estimate of drug-likeness (QED) is 0.894. The summed E-state index contributed by atoms with van der Waals surface area (Å²) in [5.41, 5.74) is 1.70. The lowest BCUT2D eigenvalue weighted by molar-refractivity contribution is 0.400. The fourth-order valence-electron chi connectivity index (χ4n) is 2.13. The average Bonchev–Trinajstić information content (AvgIpc) is 2.38. The lowest BCUT2D eigenvalue weighted by Crippen LogP contribution is -2.17. The summed E-state index contributed by atoms with van der Waals surface area (Å²) in [5.74, 6) is 0.804. The van der Waals surface area contributed by atoms with Gasteiger partial charge >= 0.3 is 0 Å². The number of H-pyrrole nitrogens is 1. The second-order valence-corrected chi connectivity index (χ2v) is 4.98. The number of hydrogen-bond acceptors (Lipinski definition) is 3. The summed E-state index contributed by atoms with van der Waals surface area (Å²) in [5, 5.41) is 1.01. The summed E-state index contributed by atoms with van der Waals surface area (Å²) >= 11 is 0. The van der Waals surface area contributed by atoms with Gasteiger partial charge in [0.05, 0.1) is 7.11 Å². The molecule has 0 saturated carbocycles. The molecule has 0 aliphatic carbocycles. The van der Waals surface area contributed by atoms with Crippen molar-refractivity contribution in [1.29, 1.82) is 0 Å². The first-order chi connectivity index (χ1) is 9.10. The molecule has 0 saturated heterocycles. The smallest absolute Gasteiger partial charge is 0.251 e. The van der Waals surface area contributed by atoms with Crippen LogP contribution in [0.3, 0.4) is 0 Å². The molecule has 102 valence electrons. The van der Waals surface area contributed by atoms with Crippen molar-refractivity contribution in [3.05, 3.63) is 40.2 Å². The van der Waals surface area contributed by atoms with E-state index in [2.05, 4.69) is 9.88 Å². The molecule has 4 nitrogen and oxygen atoms in total. The van der Waals surface area contributed by atoms with Gasteiger partial charge in [0.1, 0.15) is 5.75 Å². The van der Waals surface area contributed by atoms with E-state index in [9.17, 15) is 4.79 Å². The van der Waals surface area contributed by atoms with Crippen molar-refractivity contribution in [3.63, 3.8) is 0 Å². The van der Waals surface area contributed by atoms with Crippen LogP contribution in [0.4, 0.5) is 0 Å². The monoisotopic (exact) mass is 260 g/mol. The van der Waals surface area contributed by atoms with Crippen LogP contribution in [0, 0.1) is 0 Å². The maximum Gasteiger partial charge on any atom is 0.251 e. The van der Waals surface area contributed by atoms with Gasteiger partial charge in [0.25, 0.3) is 5.56 Å². The van der Waals surface area contributed by atoms with Gasteiger partial charge in [-0.15, -0.1) is 0 Å². The van der Waals surface area contributed by atoms with Gasteiger partial charge in [-0.1, -0.05) is 0 Å². The topological polar surface area (TPSA) is 45.3 Å². The van der Waals surface area contributed by atoms with E-state index in [1.807, 2.05) is 38.4 Å². The molecule has 2 rings (SSSR count). The Labute approximate surface area is 113 Å². The van der Waals surface area contributed by atoms with Crippen molar-refractivity contribution >= 4 is 10.9 Å². The summed E-state index contributed by atoms with van der Waals surface area (Å²) in [6.45, 7) is 0.982. The Balaban J connectivity index is 2.28. The van der Waals surface area contributed by atoms with Crippen LogP contribution in [0.5, 0.6) is 5.75 Å². The van der Waals surface area contributed by atoms with E-state index in [-0.39, 0.29) is 5.56 Å². The molecule has 0 fully saturated rings. The number of nitrogens with zero attached hydrogens (tertiary/aromatic N) is 1. The minimum absolute atomic E-state index is 0.0106. The molecule has 0 radical (unpaired) electrons. The fourth-order valence-corrected chi connectivity index (χ4v) is 2.13. The third-order valence-electron chi connectivity index (χ3n) is 3.18. The Morgan fingerprint density at radius 3 is 2.74 bits per heavy atom. The molecule has 0 amide bonds. The van der Waals surface area contributed by atoms with Gasteiger partial charge < -0.3 is 14.6 Å². The van der Waals surface area contributed by atoms with Gasteiger partial charge in [0.15, 0.2) is 0 Å². The van der Waals surface area contributed by atoms with Crippen LogP contribution in [-0.2, 0) is 6.42 Å². The molecular formula is C15H20N2O2. The number of rotatable bonds is 5. The highest BCUT2D eigenvalue weighted by Gasteiger charge is 2.04. The van der Waals surface area contributed by atoms with E-state index in [0.717, 1.165) is 41.6 Å². The summed E-state index contributed by atoms with van der Waals surface area (Å²) in [6, 6.07) is 7.64. The molecule has 1 aromatic carbocycles. The molecule has 1 N–H and O–H groups in total. The first-order valence-corrected chi connectivity index (χ1v) is 6.45. The Hall–Kier alpha value is -1.81. The van der Waals surface area contributed by atoms with E-state index in [0.29, 0.717) is 0 Å². The number of ether oxygens (including phenoxy) is 1. The fraction of sp³-hybridized carbons (Fsp3) is 0.400. The molecule has 0 atom stereocenters. The Kier molecular flexibility index (Phi) is 4.22. The molecule has 0 spiro atoms. The highest BCUT2D eigenvalue weighted by atomic mass is 16.5. The van der Waals surface area contributed by atoms with E-state index in [1.165, 1.54) is 0 Å². The minimum Gasteiger partial charge on any atom is -0.497 e. The molecule has 2 aromatic rings. The maximum atomic E-state index is 12.0. The summed E-state index contributed by atoms with van der Waals surface area (Å²) in [6.07, 6.45) is 1.77. The molecule has 0 aliphatic rings. The number of fused-ring (bicyclic) bond motifs is 1. The predicted octanol–water partition coefficient (Wildman–Crippen LogP) is 2.03. The number of benzene rings is 1. The van der Waals surface area contributed by atoms with Gasteiger partial charge in [-0.05, 0) is 57.7 Å². The molecule has 0 aliphatic heterocycles. The zero-order valence-electron chi connectivity index (χ0n) is 11.7. The largest absolute Gasteiger partial charge is 0.497 e. The number of nitrogens with one attached hydrogen (secondary N) is 1. The Morgan fingerprint density at radius 1 is 1.26 bits per heavy atom. The molecule has 0 bridgehead atoms. The average molecular weight is 260 g/mol. The van der Waals surface area contributed by atoms with Crippen LogP contribution < -0.4 is 10.3 Å². The normalized spacial score (nSPS) is 11.2. The zero-order chi connectivity index (χ0) is 13.8. The van der Waals surface area contributed by atoms with E-state index < -0.39 is 0 Å². The third kappa shape index (κ3) is 3.35. The van der Waals surface area contributed by atoms with Crippen molar-refractivity contribution in [1.82, 2.24) is 9.88 Å². The molecule has 1 heterocycles. The van der Waals surface area contributed by atoms with Crippen LogP contribution in [-0.4, -0.2) is 37.6 Å². The predicted molar refractivity (Wildman–Crippen MR) is 78.0 cm³/mol. The van der Waals surface area contributed by atoms with Gasteiger partial charge in [0.2, 0.25) is 0 Å². The standard InChI is InChI=1S/C15H20N2O2/c1-17(2)8-4-5-11-9-12-10-13(19-3)6-7-14(12)16-15(11)18/h6-7,9-10H,4-5,8H2,1-3H3,(H,16,18). The molecule has 19 heavy (non-hydrogen) atoms. The van der Waals surface area contributed by atoms with E-state index in [1.54, 1.807) is 7.11 Å². The van der Waals surface area contributed by atoms with Gasteiger partial charge in [-0.2, -0.15) is 0 Å². The molecule has 1 aromatic heterocycles. The molecule has 4 heteroatoms. The number of aromatic amines is 1. The second-order valence-electron chi connectivity index (χ2n) is 4.98. The van der Waals surface area contributed by atoms with E-state index in [4.69, 9.17) is 4.74 Å². The Morgan fingerprint density at radius 2 is 2.05 bits per heavy atom. The van der Waals surface area contributed by atoms with Gasteiger partial charge in [0, 0.05) is 16.5 Å². The summed E-state index contributed by atoms with van der Waals surface area (Å²) in [7, 11) is 5.72. The summed E-state index contributed by atoms with van der Waals surface area (Å²) < 4.78 is 5.21. The van der Waals surface area contributed by atoms with Crippen LogP contribution in [0.1, 0.15) is 12.0 Å². The van der Waals surface area contributed by atoms with Crippen molar-refractivity contribution in [2.45, 2.75) is 12.8 Å². The first kappa shape index (κ1) is 13.6. The number of aromatic nitrogens is 1. The zero-order valence-corrected chi connectivity index (χ0v) is 11.7. The number of pyridine rings is 1. The van der Waals surface area contributed by atoms with Crippen molar-refractivity contribution in [2.75, 3.05) is 27.7 Å². The number of hydrogen-bond donors (Lipinski definition) is 1. The first-order valence-electron chi connectivity index (χ1n) is 6.45. The van der Waals surface area contributed by atoms with Crippen molar-refractivity contribution in [2.24, 2.45) is 0 Å². The molecule has 0 unspecified atom stereocenters. The van der Waals surface area contributed by atoms with Crippen LogP contribution in [0.15, 0.2) is 29.1 Å². The number of methoxy groups -OCH3 is 1. The summed E-state index contributed by atoms with van der Waals surface area (Å²) in [4.78, 5) is 17.0. The second kappa shape index (κ2) is 5.89. The van der Waals surface area contributed by atoms with Gasteiger partial charge in [-0.25, -0.2) is 0 Å². The lowest BCUT2D eigenvalue weighted by Gasteiger charge is -2.09. The Bertz CT molecular complexity index is 617. The lowest BCUT2D eigenvalue weighted by atomic mass is 10.1. The molecular weight excluding hydrogens is 240 g/mol. The maximum absolute atomic E-state index is 12.0. The highest BCUT2D eigenvalue weighted by Crippen LogP contribution is 2.19. The third-order valence-corrected chi connectivity index (χ3v) is 3.18. The minimum atomic E-state index is 0.0106. The van der Waals surface area contributed by atoms with E-state index >= 15 is 0 Å². The number of aryl methyl sites for hydroxylation is 1. The van der Waals surface area contributed by atoms with Crippen molar-refractivity contribution < 1.29 is 4.74 Å². The van der Waals surface area contributed by atoms with Crippen LogP contribution >= 0.6 is 0 Å². The van der Waals surface area contributed by atoms with Crippen LogP contribution in [0.25, 0.3) is 10.9 Å². The highest BCUT2D eigenvalue weighted by molar-refractivity contribution is 5.80. The van der Waals surface area contributed by atoms with Gasteiger partial charge in [-0.3, -0.25) is 4.79 Å². The van der Waals surface area contributed by atoms with Crippen LogP contribution in [0.2, 0.25) is 0 Å².